The smallest absolute Gasteiger partial charge is 0.338 e. The van der Waals surface area contributed by atoms with E-state index < -0.39 is 12.0 Å². The van der Waals surface area contributed by atoms with Crippen LogP contribution in [0.15, 0.2) is 92.3 Å². The van der Waals surface area contributed by atoms with Gasteiger partial charge >= 0.3 is 5.97 Å². The predicted octanol–water partition coefficient (Wildman–Crippen LogP) is 6.19. The minimum absolute atomic E-state index is 0.202. The van der Waals surface area contributed by atoms with Gasteiger partial charge in [0.2, 0.25) is 0 Å². The van der Waals surface area contributed by atoms with Crippen molar-refractivity contribution in [1.29, 1.82) is 0 Å². The molecule has 0 amide bonds. The lowest BCUT2D eigenvalue weighted by Crippen LogP contribution is -2.39. The van der Waals surface area contributed by atoms with Gasteiger partial charge in [-0.25, -0.2) is 9.79 Å². The van der Waals surface area contributed by atoms with E-state index in [1.165, 1.54) is 11.3 Å². The Morgan fingerprint density at radius 1 is 1.05 bits per heavy atom. The fraction of sp³-hybridized carbons (Fsp3) is 0.219. The number of carbonyl (C=O) groups is 1. The van der Waals surface area contributed by atoms with Gasteiger partial charge in [0, 0.05) is 15.1 Å². The van der Waals surface area contributed by atoms with Crippen LogP contribution in [0.25, 0.3) is 6.08 Å². The third-order valence-corrected chi connectivity index (χ3v) is 8.34. The van der Waals surface area contributed by atoms with Crippen LogP contribution < -0.4 is 24.4 Å². The van der Waals surface area contributed by atoms with Gasteiger partial charge in [0.1, 0.15) is 18.1 Å². The SMILES string of the molecule is CCOC(=O)C1=C(C)N=c2s/c(=C\c3cc(Cl)ccc3OCc3ccc(Br)cc3)c(=O)n2[C@H]1c1ccc(OCC)cc1. The molecule has 7 nitrogen and oxygen atoms in total. The Hall–Kier alpha value is -3.66. The zero-order valence-electron chi connectivity index (χ0n) is 23.2. The number of thiazole rings is 1. The molecule has 0 saturated carbocycles. The topological polar surface area (TPSA) is 79.1 Å². The largest absolute Gasteiger partial charge is 0.494 e. The lowest BCUT2D eigenvalue weighted by molar-refractivity contribution is -0.139. The number of ether oxygens (including phenoxy) is 3. The molecule has 1 aliphatic rings. The first kappa shape index (κ1) is 29.8. The highest BCUT2D eigenvalue weighted by Gasteiger charge is 2.33. The molecule has 0 bridgehead atoms. The lowest BCUT2D eigenvalue weighted by Gasteiger charge is -2.24. The highest BCUT2D eigenvalue weighted by atomic mass is 79.9. The van der Waals surface area contributed by atoms with Crippen molar-refractivity contribution in [3.05, 3.63) is 124 Å². The van der Waals surface area contributed by atoms with Crippen molar-refractivity contribution >= 4 is 50.9 Å². The van der Waals surface area contributed by atoms with Crippen LogP contribution in [0, 0.1) is 0 Å². The van der Waals surface area contributed by atoms with Gasteiger partial charge in [-0.2, -0.15) is 0 Å². The van der Waals surface area contributed by atoms with E-state index in [2.05, 4.69) is 20.9 Å². The molecule has 0 aliphatic carbocycles. The summed E-state index contributed by atoms with van der Waals surface area (Å²) in [5, 5.41) is 0.512. The Balaban J connectivity index is 1.60. The van der Waals surface area contributed by atoms with Gasteiger partial charge in [-0.3, -0.25) is 9.36 Å². The van der Waals surface area contributed by atoms with Crippen LogP contribution in [0.4, 0.5) is 0 Å². The minimum Gasteiger partial charge on any atom is -0.494 e. The predicted molar refractivity (Wildman–Crippen MR) is 168 cm³/mol. The summed E-state index contributed by atoms with van der Waals surface area (Å²) < 4.78 is 20.1. The summed E-state index contributed by atoms with van der Waals surface area (Å²) in [5.74, 6) is 0.772. The zero-order chi connectivity index (χ0) is 29.8. The van der Waals surface area contributed by atoms with Crippen molar-refractivity contribution in [2.75, 3.05) is 13.2 Å². The first-order valence-electron chi connectivity index (χ1n) is 13.4. The molecule has 216 valence electrons. The van der Waals surface area contributed by atoms with Crippen molar-refractivity contribution in [2.24, 2.45) is 4.99 Å². The molecule has 3 aromatic carbocycles. The van der Waals surface area contributed by atoms with Crippen molar-refractivity contribution in [3.63, 3.8) is 0 Å². The number of fused-ring (bicyclic) bond motifs is 1. The maximum atomic E-state index is 14.0. The van der Waals surface area contributed by atoms with Crippen molar-refractivity contribution < 1.29 is 19.0 Å². The molecule has 0 spiro atoms. The van der Waals surface area contributed by atoms with Gasteiger partial charge in [-0.1, -0.05) is 63.1 Å². The summed E-state index contributed by atoms with van der Waals surface area (Å²) in [7, 11) is 0. The van der Waals surface area contributed by atoms with Gasteiger partial charge in [0.05, 0.1) is 35.1 Å². The first-order valence-corrected chi connectivity index (χ1v) is 15.4. The number of benzene rings is 3. The average molecular weight is 668 g/mol. The van der Waals surface area contributed by atoms with Gasteiger partial charge in [-0.15, -0.1) is 0 Å². The maximum absolute atomic E-state index is 14.0. The molecular formula is C32H28BrClN2O5S. The Morgan fingerprint density at radius 2 is 1.79 bits per heavy atom. The normalized spacial score (nSPS) is 14.8. The molecule has 42 heavy (non-hydrogen) atoms. The fourth-order valence-electron chi connectivity index (χ4n) is 4.67. The number of hydrogen-bond donors (Lipinski definition) is 0. The number of carbonyl (C=O) groups excluding carboxylic acids is 1. The summed E-state index contributed by atoms with van der Waals surface area (Å²) in [6.07, 6.45) is 1.76. The summed E-state index contributed by atoms with van der Waals surface area (Å²) >= 11 is 11.0. The van der Waals surface area contributed by atoms with Crippen molar-refractivity contribution in [3.8, 4) is 11.5 Å². The number of nitrogens with zero attached hydrogens (tertiary/aromatic N) is 2. The van der Waals surface area contributed by atoms with Crippen LogP contribution in [-0.4, -0.2) is 23.8 Å². The maximum Gasteiger partial charge on any atom is 0.338 e. The molecule has 0 N–H and O–H groups in total. The molecular weight excluding hydrogens is 640 g/mol. The molecule has 10 heteroatoms. The molecule has 1 atom stereocenters. The van der Waals surface area contributed by atoms with Crippen LogP contribution in [0.3, 0.4) is 0 Å². The molecule has 0 fully saturated rings. The summed E-state index contributed by atoms with van der Waals surface area (Å²) in [6.45, 7) is 6.49. The number of esters is 1. The molecule has 0 radical (unpaired) electrons. The molecule has 5 rings (SSSR count). The van der Waals surface area contributed by atoms with E-state index in [1.54, 1.807) is 42.7 Å². The van der Waals surface area contributed by atoms with E-state index >= 15 is 0 Å². The Morgan fingerprint density at radius 3 is 2.48 bits per heavy atom. The van der Waals surface area contributed by atoms with Gasteiger partial charge < -0.3 is 14.2 Å². The number of allylic oxidation sites excluding steroid dienone is 1. The number of halogens is 2. The number of hydrogen-bond acceptors (Lipinski definition) is 7. The van der Waals surface area contributed by atoms with Crippen molar-refractivity contribution in [2.45, 2.75) is 33.4 Å². The number of aromatic nitrogens is 1. The van der Waals surface area contributed by atoms with Crippen molar-refractivity contribution in [1.82, 2.24) is 4.57 Å². The quantitative estimate of drug-likeness (QED) is 0.199. The average Bonchev–Trinajstić information content (AvgIpc) is 3.27. The molecule has 0 unspecified atom stereocenters. The van der Waals surface area contributed by atoms with Crippen LogP contribution >= 0.6 is 38.9 Å². The van der Waals surface area contributed by atoms with E-state index in [-0.39, 0.29) is 12.2 Å². The van der Waals surface area contributed by atoms with E-state index in [1.807, 2.05) is 55.5 Å². The van der Waals surface area contributed by atoms with E-state index in [0.717, 1.165) is 15.6 Å². The Bertz CT molecular complexity index is 1830. The summed E-state index contributed by atoms with van der Waals surface area (Å²) in [4.78, 5) is 32.3. The summed E-state index contributed by atoms with van der Waals surface area (Å²) in [5.41, 5.74) is 2.93. The van der Waals surface area contributed by atoms with Gasteiger partial charge in [0.15, 0.2) is 4.80 Å². The monoisotopic (exact) mass is 666 g/mol. The second kappa shape index (κ2) is 13.1. The second-order valence-corrected chi connectivity index (χ2v) is 11.8. The van der Waals surface area contributed by atoms with Crippen LogP contribution in [0.5, 0.6) is 11.5 Å². The molecule has 0 saturated heterocycles. The Kier molecular flexibility index (Phi) is 9.30. The van der Waals surface area contributed by atoms with Crippen LogP contribution in [-0.2, 0) is 16.1 Å². The molecule has 2 heterocycles. The van der Waals surface area contributed by atoms with Crippen LogP contribution in [0.2, 0.25) is 5.02 Å². The third-order valence-electron chi connectivity index (χ3n) is 6.59. The molecule has 4 aromatic rings. The fourth-order valence-corrected chi connectivity index (χ4v) is 6.15. The number of rotatable bonds is 9. The first-order chi connectivity index (χ1) is 20.3. The second-order valence-electron chi connectivity index (χ2n) is 9.40. The van der Waals surface area contributed by atoms with E-state index in [4.69, 9.17) is 25.8 Å². The van der Waals surface area contributed by atoms with E-state index in [0.29, 0.717) is 55.9 Å². The highest BCUT2D eigenvalue weighted by Crippen LogP contribution is 2.32. The third kappa shape index (κ3) is 6.38. The Labute approximate surface area is 260 Å². The molecule has 1 aromatic heterocycles. The lowest BCUT2D eigenvalue weighted by atomic mass is 9.96. The zero-order valence-corrected chi connectivity index (χ0v) is 26.4. The van der Waals surface area contributed by atoms with Gasteiger partial charge in [0.25, 0.3) is 5.56 Å². The highest BCUT2D eigenvalue weighted by molar-refractivity contribution is 9.10. The van der Waals surface area contributed by atoms with Gasteiger partial charge in [-0.05, 0) is 80.4 Å². The van der Waals surface area contributed by atoms with Crippen LogP contribution in [0.1, 0.15) is 43.5 Å². The molecule has 1 aliphatic heterocycles. The minimum atomic E-state index is -0.717. The standard InChI is InChI=1S/C32H28BrClN2O5S/c1-4-39-25-13-8-21(9-14-25)29-28(31(38)40-5-2)19(3)35-32-36(29)30(37)27(42-32)17-22-16-24(34)12-15-26(22)41-18-20-6-10-23(33)11-7-20/h6-17,29H,4-5,18H2,1-3H3/b27-17-/t29-/m0/s1. The van der Waals surface area contributed by atoms with E-state index in [9.17, 15) is 9.59 Å². The summed E-state index contributed by atoms with van der Waals surface area (Å²) in [6, 6.07) is 19.8.